The predicted octanol–water partition coefficient (Wildman–Crippen LogP) is 4.01. The minimum Gasteiger partial charge on any atom is -0.434 e. The molecule has 3 atom stereocenters. The molecule has 0 radical (unpaired) electrons. The molecular weight excluding hydrogens is 494 g/mol. The number of rotatable bonds is 6. The zero-order chi connectivity index (χ0) is 26.7. The number of para-hydroxylation sites is 2. The molecule has 0 saturated carbocycles. The molecule has 4 aromatic rings. The normalized spacial score (nSPS) is 18.8. The Balaban J connectivity index is 1.61. The largest absolute Gasteiger partial charge is 0.434 e. The molecule has 1 N–H and O–H groups in total. The van der Waals surface area contributed by atoms with Crippen LogP contribution in [-0.2, 0) is 0 Å². The van der Waals surface area contributed by atoms with Crippen LogP contribution >= 0.6 is 0 Å². The SMILES string of the molecule is CC(C(=O)c1nccc(-c2c(OC(F)F)ccc3c2[C@H]2C[C@@H](NC3=O)c3nc4ccccc4n32)n1)N(C)C. The molecular formula is C27H24F2N6O3. The van der Waals surface area contributed by atoms with E-state index in [1.54, 1.807) is 25.9 Å². The van der Waals surface area contributed by atoms with Crippen molar-refractivity contribution in [2.75, 3.05) is 14.1 Å². The number of nitrogens with one attached hydrogen (secondary N) is 1. The van der Waals surface area contributed by atoms with Gasteiger partial charge in [0.25, 0.3) is 5.91 Å². The Kier molecular flexibility index (Phi) is 5.68. The number of Topliss-reactive ketones (excluding diaryl/α,β-unsaturated/α-hetero) is 1. The van der Waals surface area contributed by atoms with Gasteiger partial charge < -0.3 is 14.6 Å². The van der Waals surface area contributed by atoms with Crippen LogP contribution in [0, 0.1) is 0 Å². The first kappa shape index (κ1) is 24.1. The Hall–Kier alpha value is -4.25. The molecule has 9 nitrogen and oxygen atoms in total. The van der Waals surface area contributed by atoms with Gasteiger partial charge in [0.15, 0.2) is 5.82 Å². The third kappa shape index (κ3) is 3.73. The van der Waals surface area contributed by atoms with Crippen LogP contribution in [0.4, 0.5) is 8.78 Å². The summed E-state index contributed by atoms with van der Waals surface area (Å²) in [4.78, 5) is 41.5. The fourth-order valence-electron chi connectivity index (χ4n) is 5.32. The average Bonchev–Trinajstić information content (AvgIpc) is 3.40. The Labute approximate surface area is 216 Å². The maximum absolute atomic E-state index is 13.6. The summed E-state index contributed by atoms with van der Waals surface area (Å²) in [6.45, 7) is -1.38. The molecule has 38 heavy (non-hydrogen) atoms. The van der Waals surface area contributed by atoms with E-state index in [0.29, 0.717) is 23.4 Å². The summed E-state index contributed by atoms with van der Waals surface area (Å²) >= 11 is 0. The van der Waals surface area contributed by atoms with E-state index in [1.165, 1.54) is 24.4 Å². The second-order valence-corrected chi connectivity index (χ2v) is 9.65. The van der Waals surface area contributed by atoms with E-state index in [4.69, 9.17) is 9.72 Å². The van der Waals surface area contributed by atoms with Crippen LogP contribution in [0.3, 0.4) is 0 Å². The highest BCUT2D eigenvalue weighted by Gasteiger charge is 2.42. The van der Waals surface area contributed by atoms with Gasteiger partial charge in [0.1, 0.15) is 11.6 Å². The van der Waals surface area contributed by atoms with Crippen LogP contribution in [0.25, 0.3) is 22.3 Å². The molecule has 2 bridgehead atoms. The number of fused-ring (bicyclic) bond motifs is 9. The van der Waals surface area contributed by atoms with Crippen LogP contribution in [0.15, 0.2) is 48.7 Å². The fraction of sp³-hybridized carbons (Fsp3) is 0.296. The van der Waals surface area contributed by atoms with Gasteiger partial charge >= 0.3 is 6.61 Å². The number of nitrogens with zero attached hydrogens (tertiary/aromatic N) is 5. The second-order valence-electron chi connectivity index (χ2n) is 9.65. The van der Waals surface area contributed by atoms with E-state index in [0.717, 1.165) is 11.0 Å². The number of likely N-dealkylation sites (N-methyl/N-ethyl adjacent to an activating group) is 1. The first-order valence-electron chi connectivity index (χ1n) is 12.2. The highest BCUT2D eigenvalue weighted by Crippen LogP contribution is 2.49. The molecule has 1 amide bonds. The number of carbonyl (C=O) groups excluding carboxylic acids is 2. The lowest BCUT2D eigenvalue weighted by Gasteiger charge is -2.23. The summed E-state index contributed by atoms with van der Waals surface area (Å²) in [5.41, 5.74) is 2.88. The van der Waals surface area contributed by atoms with E-state index in [2.05, 4.69) is 15.3 Å². The highest BCUT2D eigenvalue weighted by atomic mass is 19.3. The van der Waals surface area contributed by atoms with Gasteiger partial charge in [-0.15, -0.1) is 0 Å². The maximum atomic E-state index is 13.6. The van der Waals surface area contributed by atoms with Crippen LogP contribution < -0.4 is 10.1 Å². The molecule has 6 rings (SSSR count). The van der Waals surface area contributed by atoms with Crippen molar-refractivity contribution in [2.45, 2.75) is 38.1 Å². The lowest BCUT2D eigenvalue weighted by atomic mass is 9.90. The fourth-order valence-corrected chi connectivity index (χ4v) is 5.32. The molecule has 0 fully saturated rings. The van der Waals surface area contributed by atoms with E-state index >= 15 is 0 Å². The van der Waals surface area contributed by atoms with Crippen molar-refractivity contribution in [1.82, 2.24) is 29.7 Å². The van der Waals surface area contributed by atoms with E-state index in [9.17, 15) is 18.4 Å². The van der Waals surface area contributed by atoms with Crippen LogP contribution in [-0.4, -0.2) is 62.9 Å². The third-order valence-electron chi connectivity index (χ3n) is 7.30. The Morgan fingerprint density at radius 3 is 2.71 bits per heavy atom. The number of halogens is 2. The quantitative estimate of drug-likeness (QED) is 0.385. The minimum absolute atomic E-state index is 0.0551. The van der Waals surface area contributed by atoms with Gasteiger partial charge in [-0.2, -0.15) is 8.78 Å². The smallest absolute Gasteiger partial charge is 0.387 e. The van der Waals surface area contributed by atoms with Crippen molar-refractivity contribution in [3.8, 4) is 17.0 Å². The van der Waals surface area contributed by atoms with Crippen LogP contribution in [0.2, 0.25) is 0 Å². The Morgan fingerprint density at radius 2 is 1.95 bits per heavy atom. The lowest BCUT2D eigenvalue weighted by Crippen LogP contribution is -2.34. The number of carbonyl (C=O) groups is 2. The van der Waals surface area contributed by atoms with Gasteiger partial charge in [0.2, 0.25) is 5.78 Å². The van der Waals surface area contributed by atoms with Gasteiger partial charge in [-0.1, -0.05) is 12.1 Å². The molecule has 4 heterocycles. The van der Waals surface area contributed by atoms with Crippen LogP contribution in [0.5, 0.6) is 5.75 Å². The third-order valence-corrected chi connectivity index (χ3v) is 7.30. The van der Waals surface area contributed by atoms with Gasteiger partial charge in [0.05, 0.1) is 34.9 Å². The molecule has 0 aliphatic carbocycles. The molecule has 2 aliphatic heterocycles. The monoisotopic (exact) mass is 518 g/mol. The van der Waals surface area contributed by atoms with Crippen molar-refractivity contribution in [3.05, 3.63) is 71.4 Å². The van der Waals surface area contributed by atoms with Crippen molar-refractivity contribution >= 4 is 22.7 Å². The number of benzene rings is 2. The molecule has 194 valence electrons. The van der Waals surface area contributed by atoms with Crippen molar-refractivity contribution in [1.29, 1.82) is 0 Å². The summed E-state index contributed by atoms with van der Waals surface area (Å²) < 4.78 is 34.2. The predicted molar refractivity (Wildman–Crippen MR) is 134 cm³/mol. The summed E-state index contributed by atoms with van der Waals surface area (Å²) in [7, 11) is 3.53. The standard InChI is InChI=1S/C27H24F2N6O3/c1-13(34(2)3)23(36)24-30-11-10-16(31-24)22-20(38-27(28)29)9-8-14-21(22)19-12-17(33-26(14)37)25-32-15-6-4-5-7-18(15)35(19)25/h4-11,13,17,19,27H,12H2,1-3H3,(H,33,37)/t13?,17-,19-/m1/s1. The topological polar surface area (TPSA) is 102 Å². The number of alkyl halides is 2. The zero-order valence-corrected chi connectivity index (χ0v) is 20.9. The van der Waals surface area contributed by atoms with Crippen molar-refractivity contribution < 1.29 is 23.1 Å². The summed E-state index contributed by atoms with van der Waals surface area (Å²) in [6.07, 6.45) is 1.89. The molecule has 0 saturated heterocycles. The number of ketones is 1. The molecule has 1 unspecified atom stereocenters. The number of ether oxygens (including phenoxy) is 1. The second kappa shape index (κ2) is 8.95. The molecule has 11 heteroatoms. The molecule has 2 aromatic carbocycles. The zero-order valence-electron chi connectivity index (χ0n) is 20.9. The first-order chi connectivity index (χ1) is 18.2. The number of hydrogen-bond acceptors (Lipinski definition) is 7. The molecule has 2 aliphatic rings. The van der Waals surface area contributed by atoms with Crippen molar-refractivity contribution in [2.24, 2.45) is 0 Å². The average molecular weight is 519 g/mol. The summed E-state index contributed by atoms with van der Waals surface area (Å²) in [5, 5.41) is 3.04. The number of aromatic nitrogens is 4. The first-order valence-corrected chi connectivity index (χ1v) is 12.2. The molecule has 0 spiro atoms. The van der Waals surface area contributed by atoms with Crippen molar-refractivity contribution in [3.63, 3.8) is 0 Å². The number of amides is 1. The Bertz CT molecular complexity index is 1600. The Morgan fingerprint density at radius 1 is 1.16 bits per heavy atom. The van der Waals surface area contributed by atoms with E-state index in [-0.39, 0.29) is 40.6 Å². The van der Waals surface area contributed by atoms with Crippen LogP contribution in [0.1, 0.15) is 57.8 Å². The number of hydrogen-bond donors (Lipinski definition) is 1. The lowest BCUT2D eigenvalue weighted by molar-refractivity contribution is -0.0495. The summed E-state index contributed by atoms with van der Waals surface area (Å²) in [6, 6.07) is 10.7. The maximum Gasteiger partial charge on any atom is 0.387 e. The highest BCUT2D eigenvalue weighted by molar-refractivity contribution is 6.00. The van der Waals surface area contributed by atoms with Gasteiger partial charge in [0, 0.05) is 22.9 Å². The minimum atomic E-state index is -3.11. The van der Waals surface area contributed by atoms with Gasteiger partial charge in [-0.05, 0) is 57.8 Å². The summed E-state index contributed by atoms with van der Waals surface area (Å²) in [5.74, 6) is -0.167. The van der Waals surface area contributed by atoms with Gasteiger partial charge in [-0.3, -0.25) is 14.5 Å². The number of imidazole rings is 1. The molecule has 2 aromatic heterocycles. The van der Waals surface area contributed by atoms with E-state index in [1.807, 2.05) is 28.8 Å². The van der Waals surface area contributed by atoms with E-state index < -0.39 is 18.7 Å². The van der Waals surface area contributed by atoms with Gasteiger partial charge in [-0.25, -0.2) is 15.0 Å².